The van der Waals surface area contributed by atoms with Crippen molar-refractivity contribution in [1.82, 2.24) is 10.7 Å². The third-order valence-electron chi connectivity index (χ3n) is 2.39. The fourth-order valence-electron chi connectivity index (χ4n) is 1.39. The van der Waals surface area contributed by atoms with E-state index in [-0.39, 0.29) is 6.03 Å². The number of amides is 2. The van der Waals surface area contributed by atoms with Crippen molar-refractivity contribution in [2.75, 3.05) is 7.05 Å². The average Bonchev–Trinajstić information content (AvgIpc) is 2.16. The Morgan fingerprint density at radius 3 is 2.62 bits per heavy atom. The topological polar surface area (TPSA) is 53.5 Å². The van der Waals surface area contributed by atoms with Crippen LogP contribution >= 0.6 is 0 Å². The van der Waals surface area contributed by atoms with Crippen molar-refractivity contribution < 1.29 is 4.79 Å². The molecule has 1 saturated carbocycles. The van der Waals surface area contributed by atoms with Crippen LogP contribution in [0.2, 0.25) is 0 Å². The number of nitrogens with zero attached hydrogens (tertiary/aromatic N) is 1. The van der Waals surface area contributed by atoms with Crippen LogP contribution in [0.15, 0.2) is 5.10 Å². The highest BCUT2D eigenvalue weighted by Crippen LogP contribution is 2.20. The van der Waals surface area contributed by atoms with Crippen LogP contribution in [0.25, 0.3) is 0 Å². The molecule has 1 fully saturated rings. The van der Waals surface area contributed by atoms with Crippen LogP contribution in [-0.4, -0.2) is 18.8 Å². The van der Waals surface area contributed by atoms with Gasteiger partial charge in [0.05, 0.1) is 0 Å². The number of carbonyl (C=O) groups is 1. The zero-order valence-electron chi connectivity index (χ0n) is 8.26. The van der Waals surface area contributed by atoms with E-state index in [1.54, 1.807) is 7.05 Å². The van der Waals surface area contributed by atoms with Gasteiger partial charge in [-0.1, -0.05) is 6.92 Å². The normalized spacial score (nSPS) is 22.3. The van der Waals surface area contributed by atoms with Crippen LogP contribution in [0.3, 0.4) is 0 Å². The molecule has 0 aliphatic heterocycles. The number of urea groups is 1. The van der Waals surface area contributed by atoms with Crippen LogP contribution in [0.4, 0.5) is 4.79 Å². The molecule has 1 aliphatic carbocycles. The number of hydrogen-bond donors (Lipinski definition) is 2. The molecule has 0 saturated heterocycles. The predicted molar refractivity (Wildman–Crippen MR) is 52.7 cm³/mol. The minimum atomic E-state index is -0.244. The molecule has 0 bridgehead atoms. The lowest BCUT2D eigenvalue weighted by Gasteiger charge is -2.18. The van der Waals surface area contributed by atoms with Gasteiger partial charge in [-0.15, -0.1) is 0 Å². The number of hydrogen-bond acceptors (Lipinski definition) is 2. The summed E-state index contributed by atoms with van der Waals surface area (Å²) in [5, 5.41) is 6.50. The molecule has 1 rings (SSSR count). The molecule has 0 aromatic carbocycles. The van der Waals surface area contributed by atoms with E-state index in [0.29, 0.717) is 0 Å². The van der Waals surface area contributed by atoms with E-state index < -0.39 is 0 Å². The molecule has 4 nitrogen and oxygen atoms in total. The van der Waals surface area contributed by atoms with Crippen molar-refractivity contribution in [2.45, 2.75) is 32.6 Å². The summed E-state index contributed by atoms with van der Waals surface area (Å²) >= 11 is 0. The third kappa shape index (κ3) is 3.44. The first-order valence-corrected chi connectivity index (χ1v) is 4.75. The Kier molecular flexibility index (Phi) is 3.73. The fourth-order valence-corrected chi connectivity index (χ4v) is 1.39. The first-order chi connectivity index (χ1) is 6.22. The van der Waals surface area contributed by atoms with Crippen LogP contribution in [0.1, 0.15) is 32.6 Å². The molecule has 1 aliphatic rings. The summed E-state index contributed by atoms with van der Waals surface area (Å²) < 4.78 is 0. The Bertz CT molecular complexity index is 203. The largest absolute Gasteiger partial charge is 0.340 e. The minimum absolute atomic E-state index is 0.244. The van der Waals surface area contributed by atoms with Gasteiger partial charge < -0.3 is 5.32 Å². The summed E-state index contributed by atoms with van der Waals surface area (Å²) in [4.78, 5) is 10.8. The summed E-state index contributed by atoms with van der Waals surface area (Å²) in [6, 6.07) is -0.244. The van der Waals surface area contributed by atoms with Gasteiger partial charge in [0.15, 0.2) is 0 Å². The van der Waals surface area contributed by atoms with E-state index in [9.17, 15) is 4.79 Å². The molecular weight excluding hydrogens is 166 g/mol. The second-order valence-electron chi connectivity index (χ2n) is 3.55. The minimum Gasteiger partial charge on any atom is -0.340 e. The Hall–Kier alpha value is -1.06. The maximum atomic E-state index is 10.8. The van der Waals surface area contributed by atoms with E-state index in [4.69, 9.17) is 0 Å². The van der Waals surface area contributed by atoms with Gasteiger partial charge in [-0.05, 0) is 31.6 Å². The second-order valence-corrected chi connectivity index (χ2v) is 3.55. The number of hydrazone groups is 1. The SMILES string of the molecule is CNC(=O)NN=C1CCC(C)CC1. The van der Waals surface area contributed by atoms with Crippen molar-refractivity contribution >= 4 is 11.7 Å². The van der Waals surface area contributed by atoms with E-state index in [1.165, 1.54) is 12.8 Å². The molecule has 0 spiro atoms. The molecule has 74 valence electrons. The average molecular weight is 183 g/mol. The Labute approximate surface area is 78.8 Å². The second kappa shape index (κ2) is 4.84. The number of carbonyl (C=O) groups excluding carboxylic acids is 1. The van der Waals surface area contributed by atoms with Gasteiger partial charge in [0.25, 0.3) is 0 Å². The molecular formula is C9H17N3O. The van der Waals surface area contributed by atoms with Gasteiger partial charge in [0, 0.05) is 12.8 Å². The standard InChI is InChI=1S/C9H17N3O/c1-7-3-5-8(6-4-7)11-12-9(13)10-2/h7H,3-6H2,1-2H3,(H2,10,12,13). The molecule has 0 radical (unpaired) electrons. The lowest BCUT2D eigenvalue weighted by atomic mass is 9.90. The van der Waals surface area contributed by atoms with Gasteiger partial charge in [-0.3, -0.25) is 0 Å². The summed E-state index contributed by atoms with van der Waals surface area (Å²) in [7, 11) is 1.58. The fraction of sp³-hybridized carbons (Fsp3) is 0.778. The summed E-state index contributed by atoms with van der Waals surface area (Å²) in [5.41, 5.74) is 3.57. The van der Waals surface area contributed by atoms with E-state index in [0.717, 1.165) is 24.5 Å². The van der Waals surface area contributed by atoms with Gasteiger partial charge in [0.2, 0.25) is 0 Å². The molecule has 0 aromatic heterocycles. The van der Waals surface area contributed by atoms with Crippen molar-refractivity contribution in [3.8, 4) is 0 Å². The van der Waals surface area contributed by atoms with Gasteiger partial charge in [-0.2, -0.15) is 5.10 Å². The van der Waals surface area contributed by atoms with Crippen LogP contribution < -0.4 is 10.7 Å². The molecule has 13 heavy (non-hydrogen) atoms. The predicted octanol–water partition coefficient (Wildman–Crippen LogP) is 1.48. The summed E-state index contributed by atoms with van der Waals surface area (Å²) in [6.07, 6.45) is 4.42. The Balaban J connectivity index is 2.31. The molecule has 0 atom stereocenters. The molecule has 0 heterocycles. The smallest absolute Gasteiger partial charge is 0.334 e. The quantitative estimate of drug-likeness (QED) is 0.594. The molecule has 0 aromatic rings. The van der Waals surface area contributed by atoms with Crippen molar-refractivity contribution in [1.29, 1.82) is 0 Å². The first kappa shape index (κ1) is 10.0. The summed E-state index contributed by atoms with van der Waals surface area (Å²) in [5.74, 6) is 0.805. The van der Waals surface area contributed by atoms with Gasteiger partial charge in [-0.25, -0.2) is 10.2 Å². The monoisotopic (exact) mass is 183 g/mol. The number of nitrogens with one attached hydrogen (secondary N) is 2. The number of rotatable bonds is 1. The van der Waals surface area contributed by atoms with Crippen LogP contribution in [0.5, 0.6) is 0 Å². The third-order valence-corrected chi connectivity index (χ3v) is 2.39. The van der Waals surface area contributed by atoms with E-state index in [2.05, 4.69) is 22.8 Å². The van der Waals surface area contributed by atoms with Crippen molar-refractivity contribution in [3.05, 3.63) is 0 Å². The van der Waals surface area contributed by atoms with Gasteiger partial charge in [0.1, 0.15) is 0 Å². The zero-order chi connectivity index (χ0) is 9.68. The van der Waals surface area contributed by atoms with Crippen LogP contribution in [-0.2, 0) is 0 Å². The van der Waals surface area contributed by atoms with E-state index in [1.807, 2.05) is 0 Å². The maximum absolute atomic E-state index is 10.8. The molecule has 0 unspecified atom stereocenters. The highest BCUT2D eigenvalue weighted by molar-refractivity contribution is 5.86. The first-order valence-electron chi connectivity index (χ1n) is 4.75. The summed E-state index contributed by atoms with van der Waals surface area (Å²) in [6.45, 7) is 2.25. The van der Waals surface area contributed by atoms with E-state index >= 15 is 0 Å². The van der Waals surface area contributed by atoms with Gasteiger partial charge >= 0.3 is 6.03 Å². The lowest BCUT2D eigenvalue weighted by molar-refractivity contribution is 0.243. The Morgan fingerprint density at radius 1 is 1.46 bits per heavy atom. The zero-order valence-corrected chi connectivity index (χ0v) is 8.26. The highest BCUT2D eigenvalue weighted by Gasteiger charge is 2.13. The van der Waals surface area contributed by atoms with Crippen LogP contribution in [0, 0.1) is 5.92 Å². The maximum Gasteiger partial charge on any atom is 0.334 e. The molecule has 2 N–H and O–H groups in total. The van der Waals surface area contributed by atoms with Crippen molar-refractivity contribution in [3.63, 3.8) is 0 Å². The van der Waals surface area contributed by atoms with Crippen molar-refractivity contribution in [2.24, 2.45) is 11.0 Å². The Morgan fingerprint density at radius 2 is 2.08 bits per heavy atom. The lowest BCUT2D eigenvalue weighted by Crippen LogP contribution is -2.30. The molecule has 2 amide bonds. The molecule has 4 heteroatoms. The highest BCUT2D eigenvalue weighted by atomic mass is 16.2.